The number of carbonyl (C=O) groups excluding carboxylic acids is 1. The molecular weight excluding hydrogens is 216 g/mol. The number of rotatable bonds is 5. The summed E-state index contributed by atoms with van der Waals surface area (Å²) in [4.78, 5) is 18.2. The van der Waals surface area contributed by atoms with Crippen molar-refractivity contribution < 1.29 is 4.79 Å². The molecule has 0 atom stereocenters. The zero-order valence-corrected chi connectivity index (χ0v) is 11.3. The predicted octanol–water partition coefficient (Wildman–Crippen LogP) is 0.835. The largest absolute Gasteiger partial charge is 0.349 e. The van der Waals surface area contributed by atoms with Crippen molar-refractivity contribution in [3.8, 4) is 0 Å². The van der Waals surface area contributed by atoms with Crippen LogP contribution in [0.1, 0.15) is 36.1 Å². The van der Waals surface area contributed by atoms with E-state index in [1.165, 1.54) is 0 Å². The van der Waals surface area contributed by atoms with Crippen LogP contribution in [0.25, 0.3) is 0 Å². The van der Waals surface area contributed by atoms with Crippen molar-refractivity contribution in [1.82, 2.24) is 19.8 Å². The number of amides is 1. The molecule has 1 heterocycles. The molecule has 0 bridgehead atoms. The molecular formula is C12H22N4O. The maximum atomic E-state index is 11.9. The van der Waals surface area contributed by atoms with E-state index < -0.39 is 0 Å². The van der Waals surface area contributed by atoms with Crippen LogP contribution in [0.5, 0.6) is 0 Å². The molecule has 5 heteroatoms. The Labute approximate surface area is 103 Å². The van der Waals surface area contributed by atoms with Crippen LogP contribution in [-0.2, 0) is 7.05 Å². The van der Waals surface area contributed by atoms with Gasteiger partial charge in [0.15, 0.2) is 0 Å². The molecule has 1 aromatic rings. The lowest BCUT2D eigenvalue weighted by Gasteiger charge is -2.11. The molecule has 1 rings (SSSR count). The SMILES string of the molecule is CC(C)c1ncc(C(=O)NCCN(C)C)n1C. The molecule has 1 N–H and O–H groups in total. The maximum Gasteiger partial charge on any atom is 0.269 e. The number of nitrogens with one attached hydrogen (secondary N) is 1. The average Bonchev–Trinajstić information content (AvgIpc) is 2.59. The third kappa shape index (κ3) is 3.56. The zero-order valence-electron chi connectivity index (χ0n) is 11.3. The van der Waals surface area contributed by atoms with Gasteiger partial charge < -0.3 is 14.8 Å². The van der Waals surface area contributed by atoms with Gasteiger partial charge in [0.25, 0.3) is 5.91 Å². The summed E-state index contributed by atoms with van der Waals surface area (Å²) in [5, 5.41) is 2.88. The minimum atomic E-state index is -0.0613. The van der Waals surface area contributed by atoms with Crippen molar-refractivity contribution in [3.63, 3.8) is 0 Å². The topological polar surface area (TPSA) is 50.2 Å². The lowest BCUT2D eigenvalue weighted by molar-refractivity contribution is 0.0942. The van der Waals surface area contributed by atoms with Crippen LogP contribution in [0.15, 0.2) is 6.20 Å². The number of hydrogen-bond donors (Lipinski definition) is 1. The minimum Gasteiger partial charge on any atom is -0.349 e. The first-order valence-electron chi connectivity index (χ1n) is 5.88. The van der Waals surface area contributed by atoms with Crippen molar-refractivity contribution in [3.05, 3.63) is 17.7 Å². The normalized spacial score (nSPS) is 11.2. The number of likely N-dealkylation sites (N-methyl/N-ethyl adjacent to an activating group) is 1. The van der Waals surface area contributed by atoms with Gasteiger partial charge in [-0.25, -0.2) is 4.98 Å². The van der Waals surface area contributed by atoms with E-state index in [2.05, 4.69) is 24.1 Å². The monoisotopic (exact) mass is 238 g/mol. The van der Waals surface area contributed by atoms with Gasteiger partial charge in [-0.3, -0.25) is 4.79 Å². The van der Waals surface area contributed by atoms with Gasteiger partial charge in [-0.15, -0.1) is 0 Å². The average molecular weight is 238 g/mol. The summed E-state index contributed by atoms with van der Waals surface area (Å²) in [6.45, 7) is 5.61. The quantitative estimate of drug-likeness (QED) is 0.827. The van der Waals surface area contributed by atoms with E-state index >= 15 is 0 Å². The zero-order chi connectivity index (χ0) is 13.0. The van der Waals surface area contributed by atoms with E-state index in [0.717, 1.165) is 12.4 Å². The standard InChI is InChI=1S/C12H22N4O/c1-9(2)11-14-8-10(16(11)5)12(17)13-6-7-15(3)4/h8-9H,6-7H2,1-5H3,(H,13,17). The number of imidazole rings is 1. The van der Waals surface area contributed by atoms with Crippen LogP contribution in [0, 0.1) is 0 Å². The van der Waals surface area contributed by atoms with E-state index in [4.69, 9.17) is 0 Å². The highest BCUT2D eigenvalue weighted by molar-refractivity contribution is 5.92. The van der Waals surface area contributed by atoms with Gasteiger partial charge in [0.1, 0.15) is 11.5 Å². The predicted molar refractivity (Wildman–Crippen MR) is 68.2 cm³/mol. The lowest BCUT2D eigenvalue weighted by Crippen LogP contribution is -2.32. The van der Waals surface area contributed by atoms with E-state index in [1.54, 1.807) is 6.20 Å². The van der Waals surface area contributed by atoms with Crippen LogP contribution < -0.4 is 5.32 Å². The Balaban J connectivity index is 2.63. The number of carbonyl (C=O) groups is 1. The molecule has 96 valence electrons. The van der Waals surface area contributed by atoms with Gasteiger partial charge in [-0.05, 0) is 14.1 Å². The first-order chi connectivity index (χ1) is 7.93. The van der Waals surface area contributed by atoms with Gasteiger partial charge in [0.05, 0.1) is 6.20 Å². The molecule has 0 aliphatic carbocycles. The molecule has 0 saturated heterocycles. The van der Waals surface area contributed by atoms with E-state index in [9.17, 15) is 4.79 Å². The van der Waals surface area contributed by atoms with E-state index in [-0.39, 0.29) is 5.91 Å². The van der Waals surface area contributed by atoms with Crippen LogP contribution in [0.2, 0.25) is 0 Å². The van der Waals surface area contributed by atoms with Crippen LogP contribution in [0.4, 0.5) is 0 Å². The fourth-order valence-electron chi connectivity index (χ4n) is 1.65. The Hall–Kier alpha value is -1.36. The summed E-state index contributed by atoms with van der Waals surface area (Å²) in [7, 11) is 5.84. The van der Waals surface area contributed by atoms with E-state index in [1.807, 2.05) is 30.6 Å². The van der Waals surface area contributed by atoms with Crippen molar-refractivity contribution in [2.45, 2.75) is 19.8 Å². The third-order valence-corrected chi connectivity index (χ3v) is 2.62. The van der Waals surface area contributed by atoms with Crippen LogP contribution in [-0.4, -0.2) is 47.5 Å². The number of aromatic nitrogens is 2. The summed E-state index contributed by atoms with van der Waals surface area (Å²) >= 11 is 0. The molecule has 0 radical (unpaired) electrons. The number of hydrogen-bond acceptors (Lipinski definition) is 3. The molecule has 5 nitrogen and oxygen atoms in total. The molecule has 17 heavy (non-hydrogen) atoms. The van der Waals surface area contributed by atoms with Crippen molar-refractivity contribution in [1.29, 1.82) is 0 Å². The van der Waals surface area contributed by atoms with Gasteiger partial charge >= 0.3 is 0 Å². The number of nitrogens with zero attached hydrogens (tertiary/aromatic N) is 3. The molecule has 0 aliphatic heterocycles. The van der Waals surface area contributed by atoms with Gasteiger partial charge in [-0.1, -0.05) is 13.8 Å². The highest BCUT2D eigenvalue weighted by Gasteiger charge is 2.15. The molecule has 0 unspecified atom stereocenters. The van der Waals surface area contributed by atoms with Gasteiger partial charge in [-0.2, -0.15) is 0 Å². The second kappa shape index (κ2) is 5.82. The maximum absolute atomic E-state index is 11.9. The van der Waals surface area contributed by atoms with Crippen molar-refractivity contribution in [2.24, 2.45) is 7.05 Å². The first kappa shape index (κ1) is 13.7. The minimum absolute atomic E-state index is 0.0613. The summed E-state index contributed by atoms with van der Waals surface area (Å²) in [5.74, 6) is 1.19. The Kier molecular flexibility index (Phi) is 4.69. The fourth-order valence-corrected chi connectivity index (χ4v) is 1.65. The Morgan fingerprint density at radius 2 is 2.18 bits per heavy atom. The summed E-state index contributed by atoms with van der Waals surface area (Å²) in [6, 6.07) is 0. The van der Waals surface area contributed by atoms with E-state index in [0.29, 0.717) is 18.2 Å². The van der Waals surface area contributed by atoms with Gasteiger partial charge in [0.2, 0.25) is 0 Å². The second-order valence-electron chi connectivity index (χ2n) is 4.77. The van der Waals surface area contributed by atoms with Crippen molar-refractivity contribution in [2.75, 3.05) is 27.2 Å². The Morgan fingerprint density at radius 3 is 2.65 bits per heavy atom. The highest BCUT2D eigenvalue weighted by Crippen LogP contribution is 2.13. The van der Waals surface area contributed by atoms with Crippen LogP contribution >= 0.6 is 0 Å². The molecule has 0 saturated carbocycles. The summed E-state index contributed by atoms with van der Waals surface area (Å²) in [5.41, 5.74) is 0.618. The molecule has 0 aliphatic rings. The fraction of sp³-hybridized carbons (Fsp3) is 0.667. The highest BCUT2D eigenvalue weighted by atomic mass is 16.1. The summed E-state index contributed by atoms with van der Waals surface area (Å²) in [6.07, 6.45) is 1.64. The molecule has 0 spiro atoms. The summed E-state index contributed by atoms with van der Waals surface area (Å²) < 4.78 is 1.86. The lowest BCUT2D eigenvalue weighted by atomic mass is 10.2. The first-order valence-corrected chi connectivity index (χ1v) is 5.88. The molecule has 1 aromatic heterocycles. The second-order valence-corrected chi connectivity index (χ2v) is 4.77. The molecule has 0 fully saturated rings. The van der Waals surface area contributed by atoms with Crippen LogP contribution in [0.3, 0.4) is 0 Å². The van der Waals surface area contributed by atoms with Gasteiger partial charge in [0, 0.05) is 26.1 Å². The Bertz CT molecular complexity index is 382. The Morgan fingerprint density at radius 1 is 1.53 bits per heavy atom. The molecule has 1 amide bonds. The smallest absolute Gasteiger partial charge is 0.269 e. The van der Waals surface area contributed by atoms with Crippen molar-refractivity contribution >= 4 is 5.91 Å². The molecule has 0 aromatic carbocycles. The third-order valence-electron chi connectivity index (χ3n) is 2.62.